The third-order valence-electron chi connectivity index (χ3n) is 3.07. The second-order valence-corrected chi connectivity index (χ2v) is 4.42. The van der Waals surface area contributed by atoms with Gasteiger partial charge in [-0.15, -0.1) is 0 Å². The van der Waals surface area contributed by atoms with Crippen molar-refractivity contribution in [3.63, 3.8) is 0 Å². The summed E-state index contributed by atoms with van der Waals surface area (Å²) in [7, 11) is 1.92. The molecule has 0 bridgehead atoms. The lowest BCUT2D eigenvalue weighted by atomic mass is 10.0. The zero-order valence-electron chi connectivity index (χ0n) is 8.94. The van der Waals surface area contributed by atoms with E-state index in [1.54, 1.807) is 6.20 Å². The monoisotopic (exact) mass is 233 g/mol. The smallest absolute Gasteiger partial charge is 0.0837 e. The highest BCUT2D eigenvalue weighted by Gasteiger charge is 2.27. The molecule has 1 unspecified atom stereocenters. The Bertz CT molecular complexity index is 513. The molecule has 1 N–H and O–H groups in total. The van der Waals surface area contributed by atoms with Gasteiger partial charge in [-0.2, -0.15) is 5.10 Å². The molecule has 1 aliphatic rings. The number of aromatic nitrogens is 2. The van der Waals surface area contributed by atoms with Crippen molar-refractivity contribution >= 4 is 11.6 Å². The van der Waals surface area contributed by atoms with Gasteiger partial charge >= 0.3 is 0 Å². The van der Waals surface area contributed by atoms with E-state index in [1.807, 2.05) is 11.7 Å². The number of aryl methyl sites for hydroxylation is 1. The van der Waals surface area contributed by atoms with Crippen LogP contribution in [0.25, 0.3) is 0 Å². The lowest BCUT2D eigenvalue weighted by molar-refractivity contribution is 0.597. The van der Waals surface area contributed by atoms with Crippen LogP contribution in [-0.4, -0.2) is 9.78 Å². The molecule has 0 saturated heterocycles. The summed E-state index contributed by atoms with van der Waals surface area (Å²) in [5.74, 6) is 0. The number of fused-ring (bicyclic) bond motifs is 1. The number of hydrogen-bond acceptors (Lipinski definition) is 2. The van der Waals surface area contributed by atoms with Crippen molar-refractivity contribution in [3.8, 4) is 0 Å². The summed E-state index contributed by atoms with van der Waals surface area (Å²) in [5.41, 5.74) is 3.67. The summed E-state index contributed by atoms with van der Waals surface area (Å²) >= 11 is 6.17. The van der Waals surface area contributed by atoms with Crippen LogP contribution in [0, 0.1) is 0 Å². The van der Waals surface area contributed by atoms with Gasteiger partial charge in [0.1, 0.15) is 0 Å². The first-order valence-electron chi connectivity index (χ1n) is 5.26. The van der Waals surface area contributed by atoms with Crippen molar-refractivity contribution in [2.45, 2.75) is 12.6 Å². The SMILES string of the molecule is Cn1ncc(Cl)c1C1NCc2ccccc21. The first kappa shape index (κ1) is 9.87. The van der Waals surface area contributed by atoms with Gasteiger partial charge in [0.05, 0.1) is 23.0 Å². The predicted molar refractivity (Wildman–Crippen MR) is 63.3 cm³/mol. The van der Waals surface area contributed by atoms with E-state index in [0.29, 0.717) is 0 Å². The second-order valence-electron chi connectivity index (χ2n) is 4.01. The van der Waals surface area contributed by atoms with Crippen LogP contribution in [0.2, 0.25) is 5.02 Å². The van der Waals surface area contributed by atoms with Crippen LogP contribution in [0.1, 0.15) is 22.9 Å². The molecule has 2 heterocycles. The predicted octanol–water partition coefficient (Wildman–Crippen LogP) is 2.27. The fourth-order valence-corrected chi connectivity index (χ4v) is 2.56. The molecule has 0 aliphatic carbocycles. The van der Waals surface area contributed by atoms with Crippen LogP contribution >= 0.6 is 11.6 Å². The molecule has 0 saturated carbocycles. The average molecular weight is 234 g/mol. The number of benzene rings is 1. The topological polar surface area (TPSA) is 29.9 Å². The largest absolute Gasteiger partial charge is 0.301 e. The van der Waals surface area contributed by atoms with Gasteiger partial charge in [0.2, 0.25) is 0 Å². The van der Waals surface area contributed by atoms with E-state index in [1.165, 1.54) is 11.1 Å². The summed E-state index contributed by atoms with van der Waals surface area (Å²) < 4.78 is 1.84. The minimum Gasteiger partial charge on any atom is -0.301 e. The summed E-state index contributed by atoms with van der Waals surface area (Å²) in [6, 6.07) is 8.57. The van der Waals surface area contributed by atoms with Crippen LogP contribution < -0.4 is 5.32 Å². The Balaban J connectivity index is 2.11. The van der Waals surface area contributed by atoms with Crippen molar-refractivity contribution in [2.24, 2.45) is 7.05 Å². The molecule has 16 heavy (non-hydrogen) atoms. The van der Waals surface area contributed by atoms with Gasteiger partial charge in [0, 0.05) is 13.6 Å². The number of rotatable bonds is 1. The summed E-state index contributed by atoms with van der Waals surface area (Å²) in [4.78, 5) is 0. The molecular formula is C12H12ClN3. The maximum atomic E-state index is 6.17. The maximum absolute atomic E-state index is 6.17. The van der Waals surface area contributed by atoms with Crippen molar-refractivity contribution < 1.29 is 0 Å². The van der Waals surface area contributed by atoms with Crippen molar-refractivity contribution in [2.75, 3.05) is 0 Å². The fraction of sp³-hybridized carbons (Fsp3) is 0.250. The standard InChI is InChI=1S/C12H12ClN3/c1-16-12(10(13)7-15-16)11-9-5-3-2-4-8(9)6-14-11/h2-5,7,11,14H,6H2,1H3. The van der Waals surface area contributed by atoms with Crippen LogP contribution in [-0.2, 0) is 13.6 Å². The van der Waals surface area contributed by atoms with Crippen LogP contribution in [0.4, 0.5) is 0 Å². The quantitative estimate of drug-likeness (QED) is 0.819. The normalized spacial score (nSPS) is 18.8. The van der Waals surface area contributed by atoms with Gasteiger partial charge in [-0.1, -0.05) is 35.9 Å². The minimum atomic E-state index is 0.163. The van der Waals surface area contributed by atoms with Crippen molar-refractivity contribution in [1.29, 1.82) is 0 Å². The minimum absolute atomic E-state index is 0.163. The zero-order valence-corrected chi connectivity index (χ0v) is 9.70. The van der Waals surface area contributed by atoms with E-state index < -0.39 is 0 Å². The van der Waals surface area contributed by atoms with Gasteiger partial charge in [-0.25, -0.2) is 0 Å². The van der Waals surface area contributed by atoms with Crippen LogP contribution in [0.3, 0.4) is 0 Å². The molecule has 0 radical (unpaired) electrons. The molecule has 1 aromatic heterocycles. The Morgan fingerprint density at radius 1 is 1.44 bits per heavy atom. The van der Waals surface area contributed by atoms with Gasteiger partial charge in [0.15, 0.2) is 0 Å². The number of hydrogen-bond donors (Lipinski definition) is 1. The molecule has 0 amide bonds. The van der Waals surface area contributed by atoms with E-state index in [2.05, 4.69) is 34.7 Å². The zero-order chi connectivity index (χ0) is 11.1. The lowest BCUT2D eigenvalue weighted by Crippen LogP contribution is -2.17. The second kappa shape index (κ2) is 3.61. The first-order chi connectivity index (χ1) is 7.77. The molecule has 4 heteroatoms. The highest BCUT2D eigenvalue weighted by Crippen LogP contribution is 2.33. The molecule has 2 aromatic rings. The first-order valence-corrected chi connectivity index (χ1v) is 5.64. The number of nitrogens with zero attached hydrogens (tertiary/aromatic N) is 2. The van der Waals surface area contributed by atoms with E-state index >= 15 is 0 Å². The van der Waals surface area contributed by atoms with Gasteiger partial charge in [-0.3, -0.25) is 4.68 Å². The Kier molecular flexibility index (Phi) is 2.23. The van der Waals surface area contributed by atoms with Gasteiger partial charge < -0.3 is 5.32 Å². The highest BCUT2D eigenvalue weighted by atomic mass is 35.5. The third-order valence-corrected chi connectivity index (χ3v) is 3.37. The van der Waals surface area contributed by atoms with Gasteiger partial charge in [0.25, 0.3) is 0 Å². The molecule has 0 fully saturated rings. The van der Waals surface area contributed by atoms with E-state index in [9.17, 15) is 0 Å². The van der Waals surface area contributed by atoms with Crippen LogP contribution in [0.15, 0.2) is 30.5 Å². The third kappa shape index (κ3) is 1.36. The molecule has 3 nitrogen and oxygen atoms in total. The summed E-state index contributed by atoms with van der Waals surface area (Å²) in [6.45, 7) is 0.891. The van der Waals surface area contributed by atoms with E-state index in [4.69, 9.17) is 11.6 Å². The van der Waals surface area contributed by atoms with E-state index in [-0.39, 0.29) is 6.04 Å². The molecule has 1 aliphatic heterocycles. The van der Waals surface area contributed by atoms with Crippen molar-refractivity contribution in [3.05, 3.63) is 52.3 Å². The van der Waals surface area contributed by atoms with Crippen molar-refractivity contribution in [1.82, 2.24) is 15.1 Å². The number of halogens is 1. The molecule has 82 valence electrons. The lowest BCUT2D eigenvalue weighted by Gasteiger charge is -2.13. The van der Waals surface area contributed by atoms with E-state index in [0.717, 1.165) is 17.3 Å². The molecule has 1 atom stereocenters. The number of nitrogens with one attached hydrogen (secondary N) is 1. The van der Waals surface area contributed by atoms with Crippen LogP contribution in [0.5, 0.6) is 0 Å². The Morgan fingerprint density at radius 2 is 2.25 bits per heavy atom. The Labute approximate surface area is 99.0 Å². The fourth-order valence-electron chi connectivity index (χ4n) is 2.29. The molecular weight excluding hydrogens is 222 g/mol. The maximum Gasteiger partial charge on any atom is 0.0837 e. The highest BCUT2D eigenvalue weighted by molar-refractivity contribution is 6.31. The van der Waals surface area contributed by atoms with Gasteiger partial charge in [-0.05, 0) is 11.1 Å². The average Bonchev–Trinajstić information content (AvgIpc) is 2.83. The Hall–Kier alpha value is -1.32. The summed E-state index contributed by atoms with van der Waals surface area (Å²) in [6.07, 6.45) is 1.69. The molecule has 1 aromatic carbocycles. The Morgan fingerprint density at radius 3 is 3.00 bits per heavy atom. The molecule has 3 rings (SSSR count). The summed E-state index contributed by atoms with van der Waals surface area (Å²) in [5, 5.41) is 8.36. The molecule has 0 spiro atoms.